The van der Waals surface area contributed by atoms with Crippen LogP contribution in [-0.2, 0) is 4.79 Å². The molecule has 1 atom stereocenters. The highest BCUT2D eigenvalue weighted by Crippen LogP contribution is 2.42. The van der Waals surface area contributed by atoms with Gasteiger partial charge in [0, 0.05) is 16.6 Å². The number of benzene rings is 3. The van der Waals surface area contributed by atoms with Crippen molar-refractivity contribution in [1.82, 2.24) is 0 Å². The Morgan fingerprint density at radius 1 is 0.872 bits per heavy atom. The molecule has 0 fully saturated rings. The maximum absolute atomic E-state index is 14.0. The Kier molecular flexibility index (Phi) is 10.0. The molecule has 1 unspecified atom stereocenters. The molecule has 0 bridgehead atoms. The van der Waals surface area contributed by atoms with Crippen LogP contribution < -0.4 is 10.6 Å². The maximum atomic E-state index is 14.0. The molecule has 0 saturated carbocycles. The zero-order valence-electron chi connectivity index (χ0n) is 19.3. The second kappa shape index (κ2) is 12.6. The van der Waals surface area contributed by atoms with Gasteiger partial charge in [-0.15, -0.1) is 11.8 Å². The van der Waals surface area contributed by atoms with Crippen molar-refractivity contribution in [2.24, 2.45) is 0 Å². The van der Waals surface area contributed by atoms with Crippen molar-refractivity contribution in [2.45, 2.75) is 23.5 Å². The normalized spacial score (nSPS) is 11.7. The number of hydrogen-bond donors (Lipinski definition) is 3. The van der Waals surface area contributed by atoms with Crippen LogP contribution in [0.25, 0.3) is 0 Å². The third kappa shape index (κ3) is 6.55. The summed E-state index contributed by atoms with van der Waals surface area (Å²) in [5.41, 5.74) is -2.34. The minimum atomic E-state index is -1.76. The molecule has 3 rings (SSSR count). The minimum Gasteiger partial charge on any atom is -0.478 e. The summed E-state index contributed by atoms with van der Waals surface area (Å²) >= 11 is 24.9. The third-order valence-corrected chi connectivity index (χ3v) is 8.26. The first-order valence-electron chi connectivity index (χ1n) is 10.6. The summed E-state index contributed by atoms with van der Waals surface area (Å²) in [4.78, 5) is 37.8. The molecule has 0 radical (unpaired) electrons. The zero-order valence-corrected chi connectivity index (χ0v) is 23.1. The van der Waals surface area contributed by atoms with Crippen LogP contribution >= 0.6 is 58.2 Å². The van der Waals surface area contributed by atoms with Crippen molar-refractivity contribution in [3.8, 4) is 0 Å². The van der Waals surface area contributed by atoms with E-state index in [1.54, 1.807) is 13.0 Å². The molecule has 2 amide bonds. The van der Waals surface area contributed by atoms with Gasteiger partial charge in [-0.3, -0.25) is 9.59 Å². The standard InChI is InChI=1S/C24H14Cl4F4N2O4S/c1-2-12(22(35)34-21-19(31)10(29)7-11(30)20(21)32)39-9-5-3-4-8(6-9)33-23(36)13-14(24(37)38)16(26)18(28)17(27)15(13)25/h3-7,12H,2H2,1H3,(H,33,36)(H,34,35)(H,37,38). The number of carbonyl (C=O) groups is 3. The summed E-state index contributed by atoms with van der Waals surface area (Å²) in [6.07, 6.45) is 0.132. The molecule has 3 N–H and O–H groups in total. The average molecular weight is 644 g/mol. The van der Waals surface area contributed by atoms with Gasteiger partial charge >= 0.3 is 5.97 Å². The van der Waals surface area contributed by atoms with E-state index in [1.165, 1.54) is 18.2 Å². The van der Waals surface area contributed by atoms with Crippen molar-refractivity contribution in [2.75, 3.05) is 10.6 Å². The molecule has 15 heteroatoms. The SMILES string of the molecule is CCC(Sc1cccc(NC(=O)c2c(Cl)c(Cl)c(Cl)c(Cl)c2C(=O)O)c1)C(=O)Nc1c(F)c(F)cc(F)c1F. The molecular formula is C24H14Cl4F4N2O4S. The van der Waals surface area contributed by atoms with Crippen LogP contribution in [-0.4, -0.2) is 28.1 Å². The Balaban J connectivity index is 1.85. The molecule has 3 aromatic rings. The summed E-state index contributed by atoms with van der Waals surface area (Å²) < 4.78 is 54.9. The number of rotatable bonds is 8. The fraction of sp³-hybridized carbons (Fsp3) is 0.125. The molecule has 0 heterocycles. The molecular weight excluding hydrogens is 630 g/mol. The summed E-state index contributed by atoms with van der Waals surface area (Å²) in [5.74, 6) is -10.4. The number of thioether (sulfide) groups is 1. The molecule has 0 spiro atoms. The Morgan fingerprint density at radius 2 is 1.44 bits per heavy atom. The Labute approximate surface area is 242 Å². The number of carbonyl (C=O) groups excluding carboxylic acids is 2. The van der Waals surface area contributed by atoms with Gasteiger partial charge in [-0.25, -0.2) is 22.4 Å². The Morgan fingerprint density at radius 3 is 1.97 bits per heavy atom. The number of hydrogen-bond acceptors (Lipinski definition) is 4. The van der Waals surface area contributed by atoms with E-state index in [2.05, 4.69) is 5.32 Å². The van der Waals surface area contributed by atoms with Gasteiger partial charge in [-0.1, -0.05) is 59.4 Å². The van der Waals surface area contributed by atoms with Crippen molar-refractivity contribution in [1.29, 1.82) is 0 Å². The number of amides is 2. The van der Waals surface area contributed by atoms with Crippen molar-refractivity contribution in [3.05, 3.63) is 84.8 Å². The largest absolute Gasteiger partial charge is 0.478 e. The average Bonchev–Trinajstić information content (AvgIpc) is 2.89. The number of nitrogens with one attached hydrogen (secondary N) is 2. The van der Waals surface area contributed by atoms with Crippen LogP contribution in [0.1, 0.15) is 34.1 Å². The quantitative estimate of drug-likeness (QED) is 0.0993. The van der Waals surface area contributed by atoms with E-state index in [0.29, 0.717) is 4.90 Å². The predicted octanol–water partition coefficient (Wildman–Crippen LogP) is 8.32. The second-order valence-electron chi connectivity index (χ2n) is 7.64. The number of carboxylic acid groups (broad SMARTS) is 1. The first-order valence-corrected chi connectivity index (χ1v) is 13.0. The molecule has 206 valence electrons. The molecule has 6 nitrogen and oxygen atoms in total. The molecule has 0 aliphatic carbocycles. The molecule has 39 heavy (non-hydrogen) atoms. The third-order valence-electron chi connectivity index (χ3n) is 5.10. The van der Waals surface area contributed by atoms with E-state index >= 15 is 0 Å². The van der Waals surface area contributed by atoms with Crippen LogP contribution in [0.5, 0.6) is 0 Å². The number of aromatic carboxylic acids is 1. The highest BCUT2D eigenvalue weighted by molar-refractivity contribution is 8.00. The lowest BCUT2D eigenvalue weighted by molar-refractivity contribution is -0.115. The molecule has 0 aliphatic heterocycles. The van der Waals surface area contributed by atoms with E-state index in [-0.39, 0.29) is 28.2 Å². The van der Waals surface area contributed by atoms with Gasteiger partial charge in [-0.2, -0.15) is 0 Å². The lowest BCUT2D eigenvalue weighted by atomic mass is 10.1. The van der Waals surface area contributed by atoms with Gasteiger partial charge in [0.05, 0.1) is 36.5 Å². The first kappa shape index (κ1) is 30.8. The molecule has 0 aliphatic rings. The molecule has 0 saturated heterocycles. The molecule has 0 aromatic heterocycles. The van der Waals surface area contributed by atoms with Crippen molar-refractivity contribution < 1.29 is 37.1 Å². The van der Waals surface area contributed by atoms with Crippen LogP contribution in [0.15, 0.2) is 35.2 Å². The fourth-order valence-corrected chi connectivity index (χ4v) is 5.29. The monoisotopic (exact) mass is 642 g/mol. The van der Waals surface area contributed by atoms with Crippen LogP contribution in [0.2, 0.25) is 20.1 Å². The highest BCUT2D eigenvalue weighted by atomic mass is 35.5. The first-order chi connectivity index (χ1) is 18.3. The van der Waals surface area contributed by atoms with Gasteiger partial charge in [-0.05, 0) is 24.6 Å². The highest BCUT2D eigenvalue weighted by Gasteiger charge is 2.29. The van der Waals surface area contributed by atoms with Crippen LogP contribution in [0, 0.1) is 23.3 Å². The summed E-state index contributed by atoms with van der Waals surface area (Å²) in [6, 6.07) is 5.91. The van der Waals surface area contributed by atoms with Crippen LogP contribution in [0.3, 0.4) is 0 Å². The van der Waals surface area contributed by atoms with E-state index in [9.17, 15) is 37.1 Å². The lowest BCUT2D eigenvalue weighted by Gasteiger charge is -2.17. The summed E-state index contributed by atoms with van der Waals surface area (Å²) in [5, 5.41) is 11.3. The van der Waals surface area contributed by atoms with E-state index in [4.69, 9.17) is 46.4 Å². The maximum Gasteiger partial charge on any atom is 0.338 e. The Bertz CT molecular complexity index is 1480. The number of anilines is 2. The van der Waals surface area contributed by atoms with Gasteiger partial charge in [0.1, 0.15) is 5.69 Å². The summed E-state index contributed by atoms with van der Waals surface area (Å²) in [7, 11) is 0. The van der Waals surface area contributed by atoms with E-state index in [1.807, 2.05) is 5.32 Å². The predicted molar refractivity (Wildman–Crippen MR) is 143 cm³/mol. The Hall–Kier alpha value is -2.70. The van der Waals surface area contributed by atoms with Gasteiger partial charge < -0.3 is 15.7 Å². The smallest absolute Gasteiger partial charge is 0.338 e. The zero-order chi connectivity index (χ0) is 29.2. The topological polar surface area (TPSA) is 95.5 Å². The van der Waals surface area contributed by atoms with Gasteiger partial charge in [0.15, 0.2) is 23.3 Å². The van der Waals surface area contributed by atoms with Gasteiger partial charge in [0.2, 0.25) is 5.91 Å². The second-order valence-corrected chi connectivity index (χ2v) is 10.4. The summed E-state index contributed by atoms with van der Waals surface area (Å²) in [6.45, 7) is 1.59. The van der Waals surface area contributed by atoms with E-state index < -0.39 is 73.2 Å². The van der Waals surface area contributed by atoms with E-state index in [0.717, 1.165) is 11.8 Å². The number of carboxylic acids is 1. The van der Waals surface area contributed by atoms with Crippen molar-refractivity contribution >= 4 is 87.3 Å². The lowest BCUT2D eigenvalue weighted by Crippen LogP contribution is -2.26. The minimum absolute atomic E-state index is 0.0186. The molecule has 3 aromatic carbocycles. The van der Waals surface area contributed by atoms with Gasteiger partial charge in [0.25, 0.3) is 5.91 Å². The fourth-order valence-electron chi connectivity index (χ4n) is 3.26. The van der Waals surface area contributed by atoms with Crippen molar-refractivity contribution in [3.63, 3.8) is 0 Å². The van der Waals surface area contributed by atoms with Crippen LogP contribution in [0.4, 0.5) is 28.9 Å². The number of halogens is 8.